The number of halogens is 3. The van der Waals surface area contributed by atoms with Gasteiger partial charge in [0.25, 0.3) is 5.91 Å². The Kier molecular flexibility index (Phi) is 6.93. The number of nitrogens with zero attached hydrogens (tertiary/aromatic N) is 2. The molecule has 0 aromatic carbocycles. The largest absolute Gasteiger partial charge is 0.490 e. The number of pyridine rings is 1. The molecule has 2 aromatic rings. The molecule has 0 atom stereocenters. The smallest absolute Gasteiger partial charge is 0.475 e. The molecule has 4 heterocycles. The van der Waals surface area contributed by atoms with Crippen LogP contribution in [-0.4, -0.2) is 71.9 Å². The topological polar surface area (TPSA) is 105 Å². The Bertz CT molecular complexity index is 876. The van der Waals surface area contributed by atoms with E-state index < -0.39 is 12.1 Å². The van der Waals surface area contributed by atoms with Gasteiger partial charge in [-0.05, 0) is 30.9 Å². The van der Waals surface area contributed by atoms with Crippen LogP contribution in [-0.2, 0) is 9.53 Å². The lowest BCUT2D eigenvalue weighted by molar-refractivity contribution is -0.192. The predicted octanol–water partition coefficient (Wildman–Crippen LogP) is 2.30. The van der Waals surface area contributed by atoms with E-state index in [-0.39, 0.29) is 11.9 Å². The molecule has 4 rings (SSSR count). The molecule has 2 aromatic heterocycles. The molecule has 0 unspecified atom stereocenters. The minimum absolute atomic E-state index is 0.00925. The van der Waals surface area contributed by atoms with E-state index in [1.54, 1.807) is 18.5 Å². The summed E-state index contributed by atoms with van der Waals surface area (Å²) in [6, 6.07) is 3.87. The molecular formula is C19H22F3N3O5. The molecule has 8 nitrogen and oxygen atoms in total. The number of aliphatic carboxylic acids is 1. The maximum absolute atomic E-state index is 13.1. The molecule has 0 radical (unpaired) electrons. The summed E-state index contributed by atoms with van der Waals surface area (Å²) >= 11 is 0. The maximum atomic E-state index is 13.1. The monoisotopic (exact) mass is 429 g/mol. The second-order valence-corrected chi connectivity index (χ2v) is 7.12. The average Bonchev–Trinajstić information content (AvgIpc) is 3.15. The molecule has 1 amide bonds. The van der Waals surface area contributed by atoms with Crippen LogP contribution in [0.15, 0.2) is 29.0 Å². The zero-order valence-electron chi connectivity index (χ0n) is 16.0. The minimum atomic E-state index is -5.08. The van der Waals surface area contributed by atoms with Gasteiger partial charge in [0.1, 0.15) is 11.3 Å². The van der Waals surface area contributed by atoms with Gasteiger partial charge in [-0.3, -0.25) is 9.78 Å². The molecule has 164 valence electrons. The number of nitrogens with one attached hydrogen (secondary N) is 1. The van der Waals surface area contributed by atoms with Gasteiger partial charge in [-0.25, -0.2) is 4.79 Å². The van der Waals surface area contributed by atoms with Crippen LogP contribution in [0.4, 0.5) is 13.2 Å². The van der Waals surface area contributed by atoms with E-state index in [1.807, 2.05) is 11.0 Å². The van der Waals surface area contributed by atoms with Crippen molar-refractivity contribution in [3.63, 3.8) is 0 Å². The molecule has 2 saturated heterocycles. The third-order valence-electron chi connectivity index (χ3n) is 5.08. The van der Waals surface area contributed by atoms with E-state index in [1.165, 1.54) is 0 Å². The highest BCUT2D eigenvalue weighted by atomic mass is 19.4. The highest BCUT2D eigenvalue weighted by Crippen LogP contribution is 2.23. The van der Waals surface area contributed by atoms with Gasteiger partial charge < -0.3 is 24.5 Å². The highest BCUT2D eigenvalue weighted by molar-refractivity contribution is 6.04. The molecule has 2 N–H and O–H groups in total. The number of amides is 1. The van der Waals surface area contributed by atoms with Crippen LogP contribution >= 0.6 is 0 Å². The standard InChI is InChI=1S/C17H21N3O3.C2HF3O2/c21-17(16-14-4-8-23-15(14)1-5-19-16)20(13-9-18-10-13)11-12-2-6-22-7-3-12;3-2(4,5)1(6)7/h1,4-5,8,12-13,18H,2-3,6-7,9-11H2;(H,6,7). The average molecular weight is 429 g/mol. The summed E-state index contributed by atoms with van der Waals surface area (Å²) in [6.45, 7) is 4.09. The van der Waals surface area contributed by atoms with Crippen LogP contribution in [0, 0.1) is 5.92 Å². The summed E-state index contributed by atoms with van der Waals surface area (Å²) in [5.74, 6) is -2.24. The number of furan rings is 1. The number of carboxylic acid groups (broad SMARTS) is 1. The van der Waals surface area contributed by atoms with Crippen molar-refractivity contribution in [2.24, 2.45) is 5.92 Å². The van der Waals surface area contributed by atoms with Crippen molar-refractivity contribution < 1.29 is 37.0 Å². The van der Waals surface area contributed by atoms with Crippen molar-refractivity contribution >= 4 is 22.8 Å². The van der Waals surface area contributed by atoms with E-state index in [0.29, 0.717) is 17.2 Å². The zero-order valence-corrected chi connectivity index (χ0v) is 16.0. The summed E-state index contributed by atoms with van der Waals surface area (Å²) in [5.41, 5.74) is 1.20. The number of carbonyl (C=O) groups is 2. The lowest BCUT2D eigenvalue weighted by Gasteiger charge is -2.40. The normalized spacial score (nSPS) is 17.7. The molecule has 0 saturated carbocycles. The van der Waals surface area contributed by atoms with Crippen molar-refractivity contribution in [2.45, 2.75) is 25.1 Å². The van der Waals surface area contributed by atoms with Crippen LogP contribution in [0.2, 0.25) is 0 Å². The fourth-order valence-corrected chi connectivity index (χ4v) is 3.30. The predicted molar refractivity (Wildman–Crippen MR) is 98.9 cm³/mol. The lowest BCUT2D eigenvalue weighted by Crippen LogP contribution is -2.60. The molecule has 0 aliphatic carbocycles. The number of aromatic nitrogens is 1. The van der Waals surface area contributed by atoms with E-state index in [4.69, 9.17) is 19.1 Å². The minimum Gasteiger partial charge on any atom is -0.475 e. The molecule has 0 bridgehead atoms. The Morgan fingerprint density at radius 2 is 1.90 bits per heavy atom. The molecule has 2 fully saturated rings. The summed E-state index contributed by atoms with van der Waals surface area (Å²) in [4.78, 5) is 28.4. The van der Waals surface area contributed by atoms with Crippen molar-refractivity contribution in [1.82, 2.24) is 15.2 Å². The van der Waals surface area contributed by atoms with Crippen molar-refractivity contribution in [3.05, 3.63) is 30.3 Å². The fourth-order valence-electron chi connectivity index (χ4n) is 3.30. The number of hydrogen-bond acceptors (Lipinski definition) is 6. The van der Waals surface area contributed by atoms with Crippen molar-refractivity contribution in [3.8, 4) is 0 Å². The summed E-state index contributed by atoms with van der Waals surface area (Å²) in [5, 5.41) is 11.2. The number of rotatable bonds is 4. The number of carbonyl (C=O) groups excluding carboxylic acids is 1. The summed E-state index contributed by atoms with van der Waals surface area (Å²) < 4.78 is 42.6. The Morgan fingerprint density at radius 1 is 1.23 bits per heavy atom. The quantitative estimate of drug-likeness (QED) is 0.768. The van der Waals surface area contributed by atoms with Gasteiger partial charge in [0.05, 0.1) is 17.7 Å². The third-order valence-corrected chi connectivity index (χ3v) is 5.08. The van der Waals surface area contributed by atoms with Gasteiger partial charge in [-0.1, -0.05) is 0 Å². The van der Waals surface area contributed by atoms with Gasteiger partial charge in [0.2, 0.25) is 0 Å². The summed E-state index contributed by atoms with van der Waals surface area (Å²) in [7, 11) is 0. The van der Waals surface area contributed by atoms with Gasteiger partial charge in [-0.2, -0.15) is 13.2 Å². The number of ether oxygens (including phenoxy) is 1. The second-order valence-electron chi connectivity index (χ2n) is 7.12. The number of alkyl halides is 3. The van der Waals surface area contributed by atoms with Crippen molar-refractivity contribution in [1.29, 1.82) is 0 Å². The van der Waals surface area contributed by atoms with E-state index in [0.717, 1.165) is 51.1 Å². The van der Waals surface area contributed by atoms with Crippen LogP contribution in [0.5, 0.6) is 0 Å². The first kappa shape index (κ1) is 22.0. The first-order valence-corrected chi connectivity index (χ1v) is 9.49. The van der Waals surface area contributed by atoms with Crippen LogP contribution in [0.3, 0.4) is 0 Å². The fraction of sp³-hybridized carbons (Fsp3) is 0.526. The van der Waals surface area contributed by atoms with Crippen molar-refractivity contribution in [2.75, 3.05) is 32.8 Å². The number of hydrogen-bond donors (Lipinski definition) is 2. The Hall–Kier alpha value is -2.66. The van der Waals surface area contributed by atoms with Crippen LogP contribution in [0.25, 0.3) is 11.0 Å². The Balaban J connectivity index is 0.000000318. The van der Waals surface area contributed by atoms with E-state index >= 15 is 0 Å². The Morgan fingerprint density at radius 3 is 2.47 bits per heavy atom. The number of carboxylic acids is 1. The molecule has 2 aliphatic heterocycles. The first-order valence-electron chi connectivity index (χ1n) is 9.49. The van der Waals surface area contributed by atoms with E-state index in [2.05, 4.69) is 10.3 Å². The summed E-state index contributed by atoms with van der Waals surface area (Å²) in [6.07, 6.45) is 0.210. The molecule has 2 aliphatic rings. The molecular weight excluding hydrogens is 407 g/mol. The first-order chi connectivity index (χ1) is 14.3. The number of fused-ring (bicyclic) bond motifs is 1. The Labute approximate surface area is 170 Å². The van der Waals surface area contributed by atoms with E-state index in [9.17, 15) is 18.0 Å². The van der Waals surface area contributed by atoms with Crippen LogP contribution in [0.1, 0.15) is 23.3 Å². The molecule has 11 heteroatoms. The lowest BCUT2D eigenvalue weighted by atomic mass is 9.97. The third kappa shape index (κ3) is 5.28. The second kappa shape index (κ2) is 9.43. The highest BCUT2D eigenvalue weighted by Gasteiger charge is 2.38. The SMILES string of the molecule is O=C(O)C(F)(F)F.O=C(c1nccc2occc12)N(CC1CCOCC1)C1CNC1. The maximum Gasteiger partial charge on any atom is 0.490 e. The van der Waals surface area contributed by atoms with Crippen LogP contribution < -0.4 is 5.32 Å². The van der Waals surface area contributed by atoms with Gasteiger partial charge in [0.15, 0.2) is 0 Å². The zero-order chi connectivity index (χ0) is 21.7. The van der Waals surface area contributed by atoms with Gasteiger partial charge >= 0.3 is 12.1 Å². The van der Waals surface area contributed by atoms with Gasteiger partial charge in [0, 0.05) is 39.0 Å². The molecule has 0 spiro atoms. The molecule has 30 heavy (non-hydrogen) atoms. The van der Waals surface area contributed by atoms with Gasteiger partial charge in [-0.15, -0.1) is 0 Å².